The lowest BCUT2D eigenvalue weighted by Crippen LogP contribution is -2.35. The van der Waals surface area contributed by atoms with Crippen LogP contribution in [0.3, 0.4) is 0 Å². The summed E-state index contributed by atoms with van der Waals surface area (Å²) in [4.78, 5) is 19.3. The van der Waals surface area contributed by atoms with E-state index in [-0.39, 0.29) is 11.6 Å². The van der Waals surface area contributed by atoms with Crippen LogP contribution < -0.4 is 10.6 Å². The van der Waals surface area contributed by atoms with E-state index in [0.717, 1.165) is 32.8 Å². The first-order valence-corrected chi connectivity index (χ1v) is 9.86. The van der Waals surface area contributed by atoms with Gasteiger partial charge in [0.1, 0.15) is 11.6 Å². The van der Waals surface area contributed by atoms with Crippen molar-refractivity contribution in [2.75, 3.05) is 36.9 Å². The molecule has 3 aromatic rings. The number of halogens is 1. The molecule has 0 saturated carbocycles. The summed E-state index contributed by atoms with van der Waals surface area (Å²) in [7, 11) is 0. The monoisotopic (exact) mass is 406 g/mol. The van der Waals surface area contributed by atoms with E-state index in [4.69, 9.17) is 4.74 Å². The van der Waals surface area contributed by atoms with Gasteiger partial charge in [-0.1, -0.05) is 24.3 Å². The number of nitrogens with zero attached hydrogens (tertiary/aromatic N) is 2. The number of hydrogen-bond acceptors (Lipinski definition) is 5. The molecular formula is C23H23FN4O2. The molecule has 1 aliphatic rings. The van der Waals surface area contributed by atoms with Gasteiger partial charge in [-0.25, -0.2) is 9.37 Å². The average Bonchev–Trinajstić information content (AvgIpc) is 2.78. The fourth-order valence-electron chi connectivity index (χ4n) is 3.29. The number of para-hydroxylation sites is 1. The summed E-state index contributed by atoms with van der Waals surface area (Å²) in [5, 5.41) is 5.78. The van der Waals surface area contributed by atoms with Gasteiger partial charge in [0.15, 0.2) is 0 Å². The first-order valence-electron chi connectivity index (χ1n) is 9.86. The fraction of sp³-hybridized carbons (Fsp3) is 0.217. The van der Waals surface area contributed by atoms with Gasteiger partial charge in [-0.15, -0.1) is 0 Å². The molecule has 7 heteroatoms. The summed E-state index contributed by atoms with van der Waals surface area (Å²) in [5.41, 5.74) is 2.46. The first kappa shape index (κ1) is 20.0. The zero-order chi connectivity index (χ0) is 20.8. The van der Waals surface area contributed by atoms with Crippen LogP contribution in [0.25, 0.3) is 0 Å². The number of aromatic nitrogens is 1. The van der Waals surface area contributed by atoms with Crippen LogP contribution in [-0.4, -0.2) is 42.1 Å². The van der Waals surface area contributed by atoms with Crippen LogP contribution in [0, 0.1) is 5.82 Å². The number of nitrogens with one attached hydrogen (secondary N) is 2. The number of rotatable bonds is 6. The Labute approximate surface area is 174 Å². The van der Waals surface area contributed by atoms with Gasteiger partial charge in [0.25, 0.3) is 5.91 Å². The molecule has 2 N–H and O–H groups in total. The molecule has 0 spiro atoms. The predicted molar refractivity (Wildman–Crippen MR) is 114 cm³/mol. The number of carbonyl (C=O) groups is 1. The molecule has 1 amide bonds. The van der Waals surface area contributed by atoms with Gasteiger partial charge in [-0.05, 0) is 42.0 Å². The molecular weight excluding hydrogens is 383 g/mol. The van der Waals surface area contributed by atoms with E-state index in [1.165, 1.54) is 11.6 Å². The number of amides is 1. The predicted octanol–water partition coefficient (Wildman–Crippen LogP) is 4.05. The highest BCUT2D eigenvalue weighted by molar-refractivity contribution is 6.07. The number of benzene rings is 2. The maximum absolute atomic E-state index is 14.0. The Bertz CT molecular complexity index is 1000. The Morgan fingerprint density at radius 2 is 1.80 bits per heavy atom. The van der Waals surface area contributed by atoms with Crippen molar-refractivity contribution in [2.45, 2.75) is 6.54 Å². The summed E-state index contributed by atoms with van der Waals surface area (Å²) < 4.78 is 19.3. The molecule has 2 heterocycles. The molecule has 154 valence electrons. The Kier molecular flexibility index (Phi) is 6.32. The Balaban J connectivity index is 1.43. The molecule has 0 atom stereocenters. The van der Waals surface area contributed by atoms with Crippen LogP contribution in [0.5, 0.6) is 0 Å². The Hall–Kier alpha value is -3.29. The van der Waals surface area contributed by atoms with Crippen LogP contribution in [0.4, 0.5) is 21.6 Å². The lowest BCUT2D eigenvalue weighted by molar-refractivity contribution is 0.0342. The topological polar surface area (TPSA) is 66.5 Å². The minimum Gasteiger partial charge on any atom is -0.379 e. The third-order valence-electron chi connectivity index (χ3n) is 4.90. The summed E-state index contributed by atoms with van der Waals surface area (Å²) >= 11 is 0. The van der Waals surface area contributed by atoms with Crippen LogP contribution in [0.1, 0.15) is 15.9 Å². The summed E-state index contributed by atoms with van der Waals surface area (Å²) in [5.74, 6) is -0.433. The SMILES string of the molecule is O=C(Nc1ccc(CN2CCOCC2)cc1)c1cccnc1Nc1ccccc1F. The molecule has 0 unspecified atom stereocenters. The van der Waals surface area contributed by atoms with Gasteiger partial charge in [0, 0.05) is 31.5 Å². The third-order valence-corrected chi connectivity index (χ3v) is 4.90. The van der Waals surface area contributed by atoms with Crippen LogP contribution >= 0.6 is 0 Å². The highest BCUT2D eigenvalue weighted by Gasteiger charge is 2.15. The van der Waals surface area contributed by atoms with E-state index in [2.05, 4.69) is 20.5 Å². The standard InChI is InChI=1S/C23H23FN4O2/c24-20-5-1-2-6-21(20)27-22-19(4-3-11-25-22)23(29)26-18-9-7-17(8-10-18)16-28-12-14-30-15-13-28/h1-11H,12-16H2,(H,25,27)(H,26,29). The van der Waals surface area contributed by atoms with Gasteiger partial charge >= 0.3 is 0 Å². The number of hydrogen-bond donors (Lipinski definition) is 2. The number of carbonyl (C=O) groups excluding carboxylic acids is 1. The van der Waals surface area contributed by atoms with Crippen molar-refractivity contribution in [2.24, 2.45) is 0 Å². The van der Waals surface area contributed by atoms with E-state index in [0.29, 0.717) is 17.1 Å². The largest absolute Gasteiger partial charge is 0.379 e. The minimum absolute atomic E-state index is 0.262. The molecule has 1 aliphatic heterocycles. The zero-order valence-electron chi connectivity index (χ0n) is 16.5. The number of morpholine rings is 1. The van der Waals surface area contributed by atoms with Gasteiger partial charge in [0.2, 0.25) is 0 Å². The van der Waals surface area contributed by atoms with E-state index >= 15 is 0 Å². The third kappa shape index (κ3) is 5.00. The Morgan fingerprint density at radius 1 is 1.03 bits per heavy atom. The van der Waals surface area contributed by atoms with Crippen LogP contribution in [0.2, 0.25) is 0 Å². The molecule has 1 fully saturated rings. The molecule has 0 bridgehead atoms. The minimum atomic E-state index is -0.412. The van der Waals surface area contributed by atoms with Crippen molar-refractivity contribution in [3.05, 3.63) is 83.8 Å². The fourth-order valence-corrected chi connectivity index (χ4v) is 3.29. The molecule has 1 saturated heterocycles. The van der Waals surface area contributed by atoms with E-state index < -0.39 is 5.82 Å². The van der Waals surface area contributed by atoms with Gasteiger partial charge in [0.05, 0.1) is 24.5 Å². The molecule has 30 heavy (non-hydrogen) atoms. The second-order valence-electron chi connectivity index (χ2n) is 7.04. The van der Waals surface area contributed by atoms with Gasteiger partial charge in [-0.2, -0.15) is 0 Å². The summed E-state index contributed by atoms with van der Waals surface area (Å²) in [6.45, 7) is 4.25. The molecule has 2 aromatic carbocycles. The average molecular weight is 406 g/mol. The second-order valence-corrected chi connectivity index (χ2v) is 7.04. The molecule has 4 rings (SSSR count). The highest BCUT2D eigenvalue weighted by Crippen LogP contribution is 2.22. The normalized spacial score (nSPS) is 14.3. The van der Waals surface area contributed by atoms with Crippen molar-refractivity contribution in [3.63, 3.8) is 0 Å². The van der Waals surface area contributed by atoms with E-state index in [1.807, 2.05) is 24.3 Å². The van der Waals surface area contributed by atoms with Crippen molar-refractivity contribution < 1.29 is 13.9 Å². The lowest BCUT2D eigenvalue weighted by Gasteiger charge is -2.26. The lowest BCUT2D eigenvalue weighted by atomic mass is 10.1. The van der Waals surface area contributed by atoms with Crippen molar-refractivity contribution in [1.82, 2.24) is 9.88 Å². The highest BCUT2D eigenvalue weighted by atomic mass is 19.1. The smallest absolute Gasteiger partial charge is 0.259 e. The van der Waals surface area contributed by atoms with E-state index in [1.54, 1.807) is 36.5 Å². The maximum Gasteiger partial charge on any atom is 0.259 e. The van der Waals surface area contributed by atoms with Crippen LogP contribution in [0.15, 0.2) is 66.9 Å². The quantitative estimate of drug-likeness (QED) is 0.647. The summed E-state index contributed by atoms with van der Waals surface area (Å²) in [6, 6.07) is 17.4. The second kappa shape index (κ2) is 9.47. The zero-order valence-corrected chi connectivity index (χ0v) is 16.5. The molecule has 0 radical (unpaired) electrons. The van der Waals surface area contributed by atoms with Crippen molar-refractivity contribution in [3.8, 4) is 0 Å². The van der Waals surface area contributed by atoms with Crippen molar-refractivity contribution in [1.29, 1.82) is 0 Å². The summed E-state index contributed by atoms with van der Waals surface area (Å²) in [6.07, 6.45) is 1.56. The van der Waals surface area contributed by atoms with E-state index in [9.17, 15) is 9.18 Å². The van der Waals surface area contributed by atoms with Gasteiger partial charge in [-0.3, -0.25) is 9.69 Å². The number of pyridine rings is 1. The molecule has 0 aliphatic carbocycles. The van der Waals surface area contributed by atoms with Gasteiger partial charge < -0.3 is 15.4 Å². The Morgan fingerprint density at radius 3 is 2.57 bits per heavy atom. The van der Waals surface area contributed by atoms with Crippen molar-refractivity contribution >= 4 is 23.1 Å². The molecule has 6 nitrogen and oxygen atoms in total. The first-order chi connectivity index (χ1) is 14.7. The molecule has 1 aromatic heterocycles. The van der Waals surface area contributed by atoms with Crippen LogP contribution in [-0.2, 0) is 11.3 Å². The maximum atomic E-state index is 14.0. The number of ether oxygens (including phenoxy) is 1. The number of anilines is 3.